The molecule has 1 heterocycles. The highest BCUT2D eigenvalue weighted by molar-refractivity contribution is 9.10. The smallest absolute Gasteiger partial charge is 0.172 e. The first-order valence-corrected chi connectivity index (χ1v) is 7.24. The second-order valence-electron chi connectivity index (χ2n) is 3.88. The minimum Gasteiger partial charge on any atom is -0.336 e. The molecule has 1 N–H and O–H groups in total. The summed E-state index contributed by atoms with van der Waals surface area (Å²) < 4.78 is 0.724. The molecule has 0 radical (unpaired) electrons. The molecule has 0 amide bonds. The standard InChI is InChI=1S/C12H9BrCl3N3/c1-5-6(2)18-12(11(16)17-5)19-8-4-3-7(13)9(14)10(8)15/h3-4H,1-2H3,(H,18,19). The lowest BCUT2D eigenvalue weighted by Crippen LogP contribution is -2.01. The van der Waals surface area contributed by atoms with Crippen LogP contribution in [0.25, 0.3) is 0 Å². The van der Waals surface area contributed by atoms with Gasteiger partial charge in [0.15, 0.2) is 11.0 Å². The first-order valence-electron chi connectivity index (χ1n) is 5.31. The van der Waals surface area contributed by atoms with Gasteiger partial charge < -0.3 is 5.32 Å². The lowest BCUT2D eigenvalue weighted by molar-refractivity contribution is 1.05. The number of halogens is 4. The summed E-state index contributed by atoms with van der Waals surface area (Å²) in [5.74, 6) is 0.449. The van der Waals surface area contributed by atoms with Gasteiger partial charge in [-0.1, -0.05) is 34.8 Å². The molecule has 0 aliphatic carbocycles. The van der Waals surface area contributed by atoms with Crippen LogP contribution in [0.2, 0.25) is 15.2 Å². The minimum atomic E-state index is 0.290. The van der Waals surface area contributed by atoms with Crippen molar-refractivity contribution in [1.82, 2.24) is 9.97 Å². The number of rotatable bonds is 2. The zero-order valence-corrected chi connectivity index (χ0v) is 13.9. The number of nitrogens with one attached hydrogen (secondary N) is 1. The van der Waals surface area contributed by atoms with E-state index in [0.717, 1.165) is 15.9 Å². The van der Waals surface area contributed by atoms with E-state index >= 15 is 0 Å². The van der Waals surface area contributed by atoms with Crippen molar-refractivity contribution in [1.29, 1.82) is 0 Å². The lowest BCUT2D eigenvalue weighted by Gasteiger charge is -2.12. The summed E-state index contributed by atoms with van der Waals surface area (Å²) in [6.45, 7) is 3.71. The van der Waals surface area contributed by atoms with Crippen molar-refractivity contribution < 1.29 is 0 Å². The van der Waals surface area contributed by atoms with Gasteiger partial charge in [0.05, 0.1) is 27.1 Å². The number of benzene rings is 1. The molecule has 100 valence electrons. The fourth-order valence-corrected chi connectivity index (χ4v) is 2.44. The maximum atomic E-state index is 6.16. The summed E-state index contributed by atoms with van der Waals surface area (Å²) in [4.78, 5) is 8.54. The van der Waals surface area contributed by atoms with E-state index in [2.05, 4.69) is 31.2 Å². The molecule has 2 aromatic rings. The van der Waals surface area contributed by atoms with E-state index in [1.165, 1.54) is 0 Å². The number of hydrogen-bond acceptors (Lipinski definition) is 3. The van der Waals surface area contributed by atoms with Crippen LogP contribution in [0.4, 0.5) is 11.5 Å². The van der Waals surface area contributed by atoms with Crippen molar-refractivity contribution in [3.8, 4) is 0 Å². The normalized spacial score (nSPS) is 10.6. The highest BCUT2D eigenvalue weighted by atomic mass is 79.9. The molecule has 7 heteroatoms. The third-order valence-corrected chi connectivity index (χ3v) is 4.59. The number of aryl methyl sites for hydroxylation is 2. The molecular formula is C12H9BrCl3N3. The summed E-state index contributed by atoms with van der Waals surface area (Å²) in [6.07, 6.45) is 0. The molecule has 19 heavy (non-hydrogen) atoms. The van der Waals surface area contributed by atoms with Crippen LogP contribution < -0.4 is 5.32 Å². The van der Waals surface area contributed by atoms with Gasteiger partial charge >= 0.3 is 0 Å². The minimum absolute atomic E-state index is 0.290. The Morgan fingerprint density at radius 3 is 2.32 bits per heavy atom. The van der Waals surface area contributed by atoms with Crippen LogP contribution in [0.1, 0.15) is 11.4 Å². The summed E-state index contributed by atoms with van der Waals surface area (Å²) >= 11 is 21.6. The van der Waals surface area contributed by atoms with Crippen LogP contribution in [-0.4, -0.2) is 9.97 Å². The fraction of sp³-hybridized carbons (Fsp3) is 0.167. The molecule has 0 fully saturated rings. The average molecular weight is 381 g/mol. The van der Waals surface area contributed by atoms with Crippen molar-refractivity contribution in [2.75, 3.05) is 5.32 Å². The third-order valence-electron chi connectivity index (χ3n) is 2.55. The van der Waals surface area contributed by atoms with Crippen LogP contribution in [0, 0.1) is 13.8 Å². The van der Waals surface area contributed by atoms with E-state index in [-0.39, 0.29) is 0 Å². The first-order chi connectivity index (χ1) is 8.90. The van der Waals surface area contributed by atoms with Crippen molar-refractivity contribution in [3.63, 3.8) is 0 Å². The van der Waals surface area contributed by atoms with E-state index in [1.54, 1.807) is 12.1 Å². The van der Waals surface area contributed by atoms with E-state index in [1.807, 2.05) is 13.8 Å². The maximum absolute atomic E-state index is 6.16. The Morgan fingerprint density at radius 2 is 1.63 bits per heavy atom. The van der Waals surface area contributed by atoms with Crippen molar-refractivity contribution in [2.45, 2.75) is 13.8 Å². The SMILES string of the molecule is Cc1nc(Cl)c(Nc2ccc(Br)c(Cl)c2Cl)nc1C. The van der Waals surface area contributed by atoms with Crippen molar-refractivity contribution in [2.24, 2.45) is 0 Å². The molecule has 2 rings (SSSR count). The lowest BCUT2D eigenvalue weighted by atomic mass is 10.3. The predicted molar refractivity (Wildman–Crippen MR) is 84.0 cm³/mol. The second-order valence-corrected chi connectivity index (χ2v) is 5.85. The zero-order chi connectivity index (χ0) is 14.2. The zero-order valence-electron chi connectivity index (χ0n) is 10.1. The Morgan fingerprint density at radius 1 is 1.00 bits per heavy atom. The Balaban J connectivity index is 2.42. The van der Waals surface area contributed by atoms with Gasteiger partial charge in [0.1, 0.15) is 0 Å². The molecule has 0 bridgehead atoms. The average Bonchev–Trinajstić information content (AvgIpc) is 2.36. The molecule has 0 unspecified atom stereocenters. The molecule has 0 saturated heterocycles. The van der Waals surface area contributed by atoms with Crippen LogP contribution in [0.3, 0.4) is 0 Å². The number of hydrogen-bond donors (Lipinski definition) is 1. The van der Waals surface area contributed by atoms with E-state index in [0.29, 0.717) is 26.7 Å². The van der Waals surface area contributed by atoms with Crippen LogP contribution in [-0.2, 0) is 0 Å². The first kappa shape index (κ1) is 14.9. The van der Waals surface area contributed by atoms with Gasteiger partial charge in [-0.3, -0.25) is 0 Å². The summed E-state index contributed by atoms with van der Waals surface area (Å²) in [5.41, 5.74) is 2.20. The van der Waals surface area contributed by atoms with Gasteiger partial charge in [0.25, 0.3) is 0 Å². The van der Waals surface area contributed by atoms with Gasteiger partial charge in [-0.05, 0) is 41.9 Å². The summed E-state index contributed by atoms with van der Waals surface area (Å²) in [5, 5.41) is 4.15. The van der Waals surface area contributed by atoms with Gasteiger partial charge in [-0.15, -0.1) is 0 Å². The van der Waals surface area contributed by atoms with E-state index in [9.17, 15) is 0 Å². The number of aromatic nitrogens is 2. The van der Waals surface area contributed by atoms with E-state index < -0.39 is 0 Å². The van der Waals surface area contributed by atoms with Crippen LogP contribution >= 0.6 is 50.7 Å². The molecule has 0 atom stereocenters. The molecule has 1 aromatic carbocycles. The number of anilines is 2. The van der Waals surface area contributed by atoms with Crippen molar-refractivity contribution in [3.05, 3.63) is 43.2 Å². The number of nitrogens with zero attached hydrogens (tertiary/aromatic N) is 2. The summed E-state index contributed by atoms with van der Waals surface area (Å²) in [7, 11) is 0. The van der Waals surface area contributed by atoms with Gasteiger partial charge in [-0.25, -0.2) is 9.97 Å². The molecule has 0 aliphatic rings. The molecule has 0 aliphatic heterocycles. The largest absolute Gasteiger partial charge is 0.336 e. The van der Waals surface area contributed by atoms with Gasteiger partial charge in [0.2, 0.25) is 0 Å². The Kier molecular flexibility index (Phi) is 4.56. The van der Waals surface area contributed by atoms with Crippen LogP contribution in [0.15, 0.2) is 16.6 Å². The quantitative estimate of drug-likeness (QED) is 0.692. The Bertz CT molecular complexity index is 647. The third kappa shape index (κ3) is 3.14. The molecule has 1 aromatic heterocycles. The fourth-order valence-electron chi connectivity index (χ4n) is 1.41. The van der Waals surface area contributed by atoms with Crippen LogP contribution in [0.5, 0.6) is 0 Å². The maximum Gasteiger partial charge on any atom is 0.172 e. The Hall–Kier alpha value is -0.550. The van der Waals surface area contributed by atoms with Gasteiger partial charge in [0, 0.05) is 4.47 Å². The molecule has 3 nitrogen and oxygen atoms in total. The Labute approximate surface area is 134 Å². The van der Waals surface area contributed by atoms with Gasteiger partial charge in [-0.2, -0.15) is 0 Å². The molecule has 0 saturated carbocycles. The highest BCUT2D eigenvalue weighted by Gasteiger charge is 2.12. The monoisotopic (exact) mass is 379 g/mol. The molecule has 0 spiro atoms. The summed E-state index contributed by atoms with van der Waals surface area (Å²) in [6, 6.07) is 3.57. The van der Waals surface area contributed by atoms with E-state index in [4.69, 9.17) is 34.8 Å². The highest BCUT2D eigenvalue weighted by Crippen LogP contribution is 2.37. The topological polar surface area (TPSA) is 37.8 Å². The molecular weight excluding hydrogens is 372 g/mol. The predicted octanol–water partition coefficient (Wildman–Crippen LogP) is 5.56. The van der Waals surface area contributed by atoms with Crippen molar-refractivity contribution >= 4 is 62.2 Å². The second kappa shape index (κ2) is 5.83.